The van der Waals surface area contributed by atoms with Crippen LogP contribution in [0.1, 0.15) is 50.7 Å². The molecule has 0 aliphatic heterocycles. The topological polar surface area (TPSA) is 49.7 Å². The smallest absolute Gasteiger partial charge is 0.125 e. The van der Waals surface area contributed by atoms with Crippen molar-refractivity contribution in [3.05, 3.63) is 28.8 Å². The highest BCUT2D eigenvalue weighted by Crippen LogP contribution is 2.32. The lowest BCUT2D eigenvalue weighted by Crippen LogP contribution is -2.38. The summed E-state index contributed by atoms with van der Waals surface area (Å²) in [5.41, 5.74) is -0.0691. The van der Waals surface area contributed by atoms with Crippen molar-refractivity contribution in [2.45, 2.75) is 50.7 Å². The lowest BCUT2D eigenvalue weighted by atomic mass is 9.85. The normalized spacial score (nSPS) is 20.0. The van der Waals surface area contributed by atoms with Crippen LogP contribution in [0.4, 0.5) is 0 Å². The molecule has 0 saturated heterocycles. The fourth-order valence-electron chi connectivity index (χ4n) is 2.54. The van der Waals surface area contributed by atoms with Crippen LogP contribution in [0.15, 0.2) is 18.2 Å². The molecule has 1 aliphatic rings. The van der Waals surface area contributed by atoms with E-state index < -0.39 is 11.7 Å². The quantitative estimate of drug-likeness (QED) is 0.890. The summed E-state index contributed by atoms with van der Waals surface area (Å²) in [6, 6.07) is 5.18. The summed E-state index contributed by atoms with van der Waals surface area (Å²) in [6.45, 7) is 1.95. The van der Waals surface area contributed by atoms with Gasteiger partial charge in [0.1, 0.15) is 12.4 Å². The van der Waals surface area contributed by atoms with Crippen molar-refractivity contribution in [2.75, 3.05) is 6.61 Å². The van der Waals surface area contributed by atoms with E-state index >= 15 is 0 Å². The van der Waals surface area contributed by atoms with E-state index in [1.807, 2.05) is 0 Å². The number of hydrogen-bond acceptors (Lipinski definition) is 3. The molecular weight excluding hydrogens is 264 g/mol. The zero-order valence-electron chi connectivity index (χ0n) is 11.2. The monoisotopic (exact) mass is 284 g/mol. The molecule has 106 valence electrons. The Balaban J connectivity index is 2.06. The molecule has 1 aromatic carbocycles. The Labute approximate surface area is 119 Å². The molecule has 1 atom stereocenters. The van der Waals surface area contributed by atoms with Crippen LogP contribution in [-0.4, -0.2) is 22.4 Å². The molecule has 1 unspecified atom stereocenters. The predicted molar refractivity (Wildman–Crippen MR) is 75.6 cm³/mol. The van der Waals surface area contributed by atoms with Gasteiger partial charge in [0.2, 0.25) is 0 Å². The van der Waals surface area contributed by atoms with Crippen LogP contribution in [0, 0.1) is 0 Å². The second-order valence-electron chi connectivity index (χ2n) is 5.43. The number of aliphatic hydroxyl groups excluding tert-OH is 1. The third-order valence-corrected chi connectivity index (χ3v) is 3.94. The van der Waals surface area contributed by atoms with Gasteiger partial charge in [-0.3, -0.25) is 0 Å². The van der Waals surface area contributed by atoms with E-state index in [0.717, 1.165) is 25.7 Å². The van der Waals surface area contributed by atoms with Crippen molar-refractivity contribution in [1.29, 1.82) is 0 Å². The highest BCUT2D eigenvalue weighted by atomic mass is 35.5. The van der Waals surface area contributed by atoms with Crippen molar-refractivity contribution in [3.63, 3.8) is 0 Å². The highest BCUT2D eigenvalue weighted by Gasteiger charge is 2.30. The Bertz CT molecular complexity index is 425. The summed E-state index contributed by atoms with van der Waals surface area (Å²) in [5.74, 6) is 0.596. The van der Waals surface area contributed by atoms with E-state index in [2.05, 4.69) is 0 Å². The largest absolute Gasteiger partial charge is 0.490 e. The second-order valence-corrected chi connectivity index (χ2v) is 5.87. The van der Waals surface area contributed by atoms with Gasteiger partial charge in [0.05, 0.1) is 11.7 Å². The molecule has 1 aromatic rings. The van der Waals surface area contributed by atoms with Crippen molar-refractivity contribution < 1.29 is 14.9 Å². The Morgan fingerprint density at radius 3 is 2.63 bits per heavy atom. The Kier molecular flexibility index (Phi) is 4.71. The predicted octanol–water partition coefficient (Wildman–Crippen LogP) is 3.47. The number of halogens is 1. The van der Waals surface area contributed by atoms with Crippen molar-refractivity contribution in [3.8, 4) is 5.75 Å². The maximum absolute atomic E-state index is 10.4. The minimum Gasteiger partial charge on any atom is -0.490 e. The first-order valence-corrected chi connectivity index (χ1v) is 7.21. The summed E-state index contributed by atoms with van der Waals surface area (Å²) >= 11 is 5.92. The fourth-order valence-corrected chi connectivity index (χ4v) is 2.72. The first-order valence-electron chi connectivity index (χ1n) is 6.83. The molecule has 1 fully saturated rings. The standard InChI is InChI=1S/C15H21ClO3/c1-11(17)13-9-12(16)5-6-14(13)19-10-15(18)7-3-2-4-8-15/h5-6,9,11,17-18H,2-4,7-8,10H2,1H3. The second kappa shape index (κ2) is 6.12. The summed E-state index contributed by atoms with van der Waals surface area (Å²) in [4.78, 5) is 0. The van der Waals surface area contributed by atoms with E-state index in [0.29, 0.717) is 16.3 Å². The van der Waals surface area contributed by atoms with Crippen molar-refractivity contribution in [2.24, 2.45) is 0 Å². The van der Waals surface area contributed by atoms with Gasteiger partial charge in [-0.2, -0.15) is 0 Å². The summed E-state index contributed by atoms with van der Waals surface area (Å²) in [5, 5.41) is 20.7. The Hall–Kier alpha value is -0.770. The molecule has 1 aliphatic carbocycles. The van der Waals surface area contributed by atoms with Gasteiger partial charge < -0.3 is 14.9 Å². The van der Waals surface area contributed by atoms with Gasteiger partial charge in [-0.25, -0.2) is 0 Å². The summed E-state index contributed by atoms with van der Waals surface area (Å²) < 4.78 is 5.73. The van der Waals surface area contributed by atoms with E-state index in [4.69, 9.17) is 16.3 Å². The van der Waals surface area contributed by atoms with Crippen LogP contribution < -0.4 is 4.74 Å². The summed E-state index contributed by atoms with van der Waals surface area (Å²) in [6.07, 6.45) is 4.19. The first kappa shape index (κ1) is 14.6. The molecule has 0 heterocycles. The molecule has 0 spiro atoms. The molecule has 2 N–H and O–H groups in total. The van der Waals surface area contributed by atoms with Crippen LogP contribution in [0.3, 0.4) is 0 Å². The molecule has 0 bridgehead atoms. The number of rotatable bonds is 4. The van der Waals surface area contributed by atoms with E-state index in [-0.39, 0.29) is 6.61 Å². The number of hydrogen-bond donors (Lipinski definition) is 2. The van der Waals surface area contributed by atoms with Crippen LogP contribution >= 0.6 is 11.6 Å². The van der Waals surface area contributed by atoms with E-state index in [1.165, 1.54) is 6.42 Å². The third-order valence-electron chi connectivity index (χ3n) is 3.70. The lowest BCUT2D eigenvalue weighted by Gasteiger charge is -2.32. The van der Waals surface area contributed by atoms with Gasteiger partial charge in [0.25, 0.3) is 0 Å². The van der Waals surface area contributed by atoms with Crippen molar-refractivity contribution in [1.82, 2.24) is 0 Å². The fraction of sp³-hybridized carbons (Fsp3) is 0.600. The van der Waals surface area contributed by atoms with Crippen LogP contribution in [0.2, 0.25) is 5.02 Å². The molecule has 3 nitrogen and oxygen atoms in total. The van der Waals surface area contributed by atoms with Crippen LogP contribution in [0.25, 0.3) is 0 Å². The van der Waals surface area contributed by atoms with Crippen LogP contribution in [0.5, 0.6) is 5.75 Å². The Morgan fingerprint density at radius 1 is 1.32 bits per heavy atom. The van der Waals surface area contributed by atoms with Crippen molar-refractivity contribution >= 4 is 11.6 Å². The van der Waals surface area contributed by atoms with Gasteiger partial charge in [0.15, 0.2) is 0 Å². The molecule has 0 aromatic heterocycles. The molecule has 0 amide bonds. The first-order chi connectivity index (χ1) is 9.00. The molecule has 2 rings (SSSR count). The van der Waals surface area contributed by atoms with E-state index in [1.54, 1.807) is 25.1 Å². The highest BCUT2D eigenvalue weighted by molar-refractivity contribution is 6.30. The van der Waals surface area contributed by atoms with E-state index in [9.17, 15) is 10.2 Å². The number of aliphatic hydroxyl groups is 2. The lowest BCUT2D eigenvalue weighted by molar-refractivity contribution is -0.0345. The minimum absolute atomic E-state index is 0.272. The maximum atomic E-state index is 10.4. The third kappa shape index (κ3) is 3.85. The molecule has 0 radical (unpaired) electrons. The van der Waals surface area contributed by atoms with Gasteiger partial charge >= 0.3 is 0 Å². The molecule has 4 heteroatoms. The average molecular weight is 285 g/mol. The minimum atomic E-state index is -0.728. The molecular formula is C15H21ClO3. The maximum Gasteiger partial charge on any atom is 0.125 e. The van der Waals surface area contributed by atoms with Gasteiger partial charge in [-0.15, -0.1) is 0 Å². The van der Waals surface area contributed by atoms with Gasteiger partial charge in [-0.05, 0) is 38.0 Å². The zero-order chi connectivity index (χ0) is 13.9. The zero-order valence-corrected chi connectivity index (χ0v) is 12.0. The average Bonchev–Trinajstić information content (AvgIpc) is 2.38. The number of benzene rings is 1. The summed E-state index contributed by atoms with van der Waals surface area (Å²) in [7, 11) is 0. The molecule has 1 saturated carbocycles. The van der Waals surface area contributed by atoms with Crippen LogP contribution in [-0.2, 0) is 0 Å². The number of ether oxygens (including phenoxy) is 1. The molecule has 19 heavy (non-hydrogen) atoms. The van der Waals surface area contributed by atoms with Gasteiger partial charge in [0, 0.05) is 10.6 Å². The van der Waals surface area contributed by atoms with Gasteiger partial charge in [-0.1, -0.05) is 30.9 Å². The SMILES string of the molecule is CC(O)c1cc(Cl)ccc1OCC1(O)CCCCC1. The Morgan fingerprint density at radius 2 is 2.00 bits per heavy atom.